The molecule has 1 aromatic carbocycles. The van der Waals surface area contributed by atoms with E-state index in [2.05, 4.69) is 44.4 Å². The second kappa shape index (κ2) is 6.43. The lowest BCUT2D eigenvalue weighted by molar-refractivity contribution is 0.252. The van der Waals surface area contributed by atoms with Crippen LogP contribution in [0, 0.1) is 0 Å². The molecular weight excluding hydrogens is 224 g/mol. The monoisotopic (exact) mass is 248 g/mol. The number of nitrogens with one attached hydrogen (secondary N) is 2. The van der Waals surface area contributed by atoms with E-state index in [1.165, 1.54) is 0 Å². The molecule has 2 amide bonds. The highest BCUT2D eigenvalue weighted by Crippen LogP contribution is 2.28. The van der Waals surface area contributed by atoms with Crippen LogP contribution in [0.4, 0.5) is 10.5 Å². The van der Waals surface area contributed by atoms with Crippen molar-refractivity contribution in [3.63, 3.8) is 0 Å². The molecule has 0 aliphatic rings. The molecule has 3 nitrogen and oxygen atoms in total. The van der Waals surface area contributed by atoms with Crippen molar-refractivity contribution in [1.82, 2.24) is 5.32 Å². The summed E-state index contributed by atoms with van der Waals surface area (Å²) in [6.07, 6.45) is 2.09. The molecule has 0 aliphatic carbocycles. The minimum absolute atomic E-state index is 0.0211. The summed E-state index contributed by atoms with van der Waals surface area (Å²) >= 11 is 0. The van der Waals surface area contributed by atoms with Crippen molar-refractivity contribution < 1.29 is 4.79 Å². The number of anilines is 1. The van der Waals surface area contributed by atoms with Crippen LogP contribution >= 0.6 is 0 Å². The summed E-state index contributed by atoms with van der Waals surface area (Å²) in [5.41, 5.74) is 2.06. The Labute approximate surface area is 110 Å². The Balaban J connectivity index is 2.70. The highest BCUT2D eigenvalue weighted by Gasteiger charge is 2.18. The predicted molar refractivity (Wildman–Crippen MR) is 77.1 cm³/mol. The van der Waals surface area contributed by atoms with Gasteiger partial charge in [0.25, 0.3) is 0 Å². The summed E-state index contributed by atoms with van der Waals surface area (Å²) < 4.78 is 0. The maximum atomic E-state index is 11.7. The second-order valence-electron chi connectivity index (χ2n) is 5.53. The third-order valence-electron chi connectivity index (χ3n) is 2.80. The van der Waals surface area contributed by atoms with Gasteiger partial charge < -0.3 is 10.6 Å². The molecule has 100 valence electrons. The summed E-state index contributed by atoms with van der Waals surface area (Å²) in [6, 6.07) is 7.82. The van der Waals surface area contributed by atoms with Crippen LogP contribution in [0.3, 0.4) is 0 Å². The van der Waals surface area contributed by atoms with Gasteiger partial charge in [-0.15, -0.1) is 0 Å². The van der Waals surface area contributed by atoms with E-state index in [4.69, 9.17) is 0 Å². The van der Waals surface area contributed by atoms with E-state index in [0.29, 0.717) is 0 Å². The molecule has 0 unspecified atom stereocenters. The largest absolute Gasteiger partial charge is 0.338 e. The Kier molecular flexibility index (Phi) is 5.20. The number of unbranched alkanes of at least 4 members (excludes halogenated alkanes) is 1. The second-order valence-corrected chi connectivity index (χ2v) is 5.53. The maximum Gasteiger partial charge on any atom is 0.319 e. The van der Waals surface area contributed by atoms with Crippen LogP contribution in [0.1, 0.15) is 46.1 Å². The lowest BCUT2D eigenvalue weighted by Crippen LogP contribution is -2.30. The number of carbonyl (C=O) groups excluding carboxylic acids is 1. The van der Waals surface area contributed by atoms with Crippen LogP contribution in [0.5, 0.6) is 0 Å². The van der Waals surface area contributed by atoms with Crippen molar-refractivity contribution in [1.29, 1.82) is 0 Å². The smallest absolute Gasteiger partial charge is 0.319 e. The number of urea groups is 1. The highest BCUT2D eigenvalue weighted by atomic mass is 16.2. The van der Waals surface area contributed by atoms with Crippen LogP contribution < -0.4 is 10.6 Å². The van der Waals surface area contributed by atoms with Crippen molar-refractivity contribution in [2.75, 3.05) is 11.9 Å². The molecular formula is C15H24N2O. The molecule has 0 aliphatic heterocycles. The van der Waals surface area contributed by atoms with Gasteiger partial charge in [0, 0.05) is 12.2 Å². The molecule has 0 heterocycles. The van der Waals surface area contributed by atoms with Gasteiger partial charge in [0.2, 0.25) is 0 Å². The molecule has 0 saturated carbocycles. The Morgan fingerprint density at radius 1 is 1.22 bits per heavy atom. The number of benzene rings is 1. The number of para-hydroxylation sites is 1. The van der Waals surface area contributed by atoms with Gasteiger partial charge in [-0.25, -0.2) is 4.79 Å². The molecule has 3 heteroatoms. The lowest BCUT2D eigenvalue weighted by atomic mass is 9.86. The number of hydrogen-bond acceptors (Lipinski definition) is 1. The predicted octanol–water partition coefficient (Wildman–Crippen LogP) is 3.91. The molecule has 0 aromatic heterocycles. The first-order chi connectivity index (χ1) is 8.45. The molecule has 18 heavy (non-hydrogen) atoms. The van der Waals surface area contributed by atoms with Crippen molar-refractivity contribution in [2.24, 2.45) is 0 Å². The van der Waals surface area contributed by atoms with Crippen molar-refractivity contribution in [3.05, 3.63) is 29.8 Å². The number of carbonyl (C=O) groups is 1. The average molecular weight is 248 g/mol. The Hall–Kier alpha value is -1.51. The Morgan fingerprint density at radius 3 is 2.50 bits per heavy atom. The number of rotatable bonds is 4. The maximum absolute atomic E-state index is 11.7. The molecule has 1 rings (SSSR count). The Morgan fingerprint density at radius 2 is 1.89 bits per heavy atom. The summed E-state index contributed by atoms with van der Waals surface area (Å²) in [5.74, 6) is 0. The van der Waals surface area contributed by atoms with Gasteiger partial charge in [0.05, 0.1) is 0 Å². The van der Waals surface area contributed by atoms with Gasteiger partial charge in [0.1, 0.15) is 0 Å². The third kappa shape index (κ3) is 4.40. The van der Waals surface area contributed by atoms with E-state index in [0.717, 1.165) is 30.6 Å². The summed E-state index contributed by atoms with van der Waals surface area (Å²) in [7, 11) is 0. The average Bonchev–Trinajstić information content (AvgIpc) is 2.28. The van der Waals surface area contributed by atoms with Crippen LogP contribution in [-0.4, -0.2) is 12.6 Å². The Bertz CT molecular complexity index is 394. The normalized spacial score (nSPS) is 11.1. The van der Waals surface area contributed by atoms with Crippen molar-refractivity contribution in [2.45, 2.75) is 46.0 Å². The van der Waals surface area contributed by atoms with Gasteiger partial charge in [-0.3, -0.25) is 0 Å². The zero-order valence-electron chi connectivity index (χ0n) is 11.8. The fourth-order valence-corrected chi connectivity index (χ4v) is 1.79. The van der Waals surface area contributed by atoms with E-state index in [1.807, 2.05) is 18.2 Å². The molecule has 0 bridgehead atoms. The van der Waals surface area contributed by atoms with E-state index < -0.39 is 0 Å². The number of amides is 2. The minimum Gasteiger partial charge on any atom is -0.338 e. The van der Waals surface area contributed by atoms with Crippen LogP contribution in [0.15, 0.2) is 24.3 Å². The molecule has 0 atom stereocenters. The van der Waals surface area contributed by atoms with Crippen LogP contribution in [0.2, 0.25) is 0 Å². The zero-order valence-corrected chi connectivity index (χ0v) is 11.8. The molecule has 0 fully saturated rings. The van der Waals surface area contributed by atoms with Crippen molar-refractivity contribution in [3.8, 4) is 0 Å². The van der Waals surface area contributed by atoms with E-state index in [9.17, 15) is 4.79 Å². The standard InChI is InChI=1S/C15H24N2O/c1-5-6-11-16-14(18)17-13-10-8-7-9-12(13)15(2,3)4/h7-10H,5-6,11H2,1-4H3,(H2,16,17,18). The first kappa shape index (κ1) is 14.6. The topological polar surface area (TPSA) is 41.1 Å². The lowest BCUT2D eigenvalue weighted by Gasteiger charge is -2.23. The first-order valence-electron chi connectivity index (χ1n) is 6.59. The van der Waals surface area contributed by atoms with Crippen LogP contribution in [0.25, 0.3) is 0 Å². The molecule has 0 radical (unpaired) electrons. The van der Waals surface area contributed by atoms with E-state index >= 15 is 0 Å². The van der Waals surface area contributed by atoms with Crippen LogP contribution in [-0.2, 0) is 5.41 Å². The fourth-order valence-electron chi connectivity index (χ4n) is 1.79. The van der Waals surface area contributed by atoms with E-state index in [1.54, 1.807) is 0 Å². The highest BCUT2D eigenvalue weighted by molar-refractivity contribution is 5.90. The first-order valence-corrected chi connectivity index (χ1v) is 6.59. The van der Waals surface area contributed by atoms with Gasteiger partial charge in [0.15, 0.2) is 0 Å². The zero-order chi connectivity index (χ0) is 13.6. The summed E-state index contributed by atoms with van der Waals surface area (Å²) in [6.45, 7) is 9.25. The molecule has 0 spiro atoms. The van der Waals surface area contributed by atoms with Gasteiger partial charge in [-0.05, 0) is 23.5 Å². The van der Waals surface area contributed by atoms with E-state index in [-0.39, 0.29) is 11.4 Å². The SMILES string of the molecule is CCCCNC(=O)Nc1ccccc1C(C)(C)C. The minimum atomic E-state index is -0.125. The molecule has 0 saturated heterocycles. The molecule has 2 N–H and O–H groups in total. The summed E-state index contributed by atoms with van der Waals surface area (Å²) in [4.78, 5) is 11.7. The molecule has 1 aromatic rings. The van der Waals surface area contributed by atoms with Gasteiger partial charge >= 0.3 is 6.03 Å². The van der Waals surface area contributed by atoms with Gasteiger partial charge in [-0.2, -0.15) is 0 Å². The number of hydrogen-bond donors (Lipinski definition) is 2. The quantitative estimate of drug-likeness (QED) is 0.779. The summed E-state index contributed by atoms with van der Waals surface area (Å²) in [5, 5.41) is 5.79. The fraction of sp³-hybridized carbons (Fsp3) is 0.533. The van der Waals surface area contributed by atoms with Gasteiger partial charge in [-0.1, -0.05) is 52.3 Å². The third-order valence-corrected chi connectivity index (χ3v) is 2.80. The van der Waals surface area contributed by atoms with Crippen molar-refractivity contribution >= 4 is 11.7 Å².